The van der Waals surface area contributed by atoms with Gasteiger partial charge in [0, 0.05) is 6.42 Å². The molecule has 0 fully saturated rings. The molecular weight excluding hydrogens is 581 g/mol. The van der Waals surface area contributed by atoms with E-state index >= 15 is 0 Å². The molecule has 0 bridgehead atoms. The van der Waals surface area contributed by atoms with E-state index in [0.717, 1.165) is 25.9 Å². The van der Waals surface area contributed by atoms with Crippen LogP contribution < -0.4 is 4.57 Å². The fourth-order valence-corrected chi connectivity index (χ4v) is 7.52. The molecule has 0 aliphatic heterocycles. The van der Waals surface area contributed by atoms with E-state index in [1.165, 1.54) is 170 Å². The monoisotopic (exact) mass is 656 g/mol. The van der Waals surface area contributed by atoms with Crippen LogP contribution in [0.25, 0.3) is 0 Å². The number of rotatable bonds is 30. The maximum atomic E-state index is 2.74. The molecule has 2 heteroatoms. The first-order valence-electron chi connectivity index (χ1n) is 20.9. The molecule has 2 aromatic carbocycles. The van der Waals surface area contributed by atoms with Crippen LogP contribution in [0.2, 0.25) is 0 Å². The van der Waals surface area contributed by atoms with Gasteiger partial charge in [-0.15, -0.1) is 0 Å². The molecule has 3 rings (SSSR count). The van der Waals surface area contributed by atoms with Crippen LogP contribution in [0.4, 0.5) is 0 Å². The quantitative estimate of drug-likeness (QED) is 0.0499. The van der Waals surface area contributed by atoms with Gasteiger partial charge in [0.05, 0.1) is 19.5 Å². The molecule has 0 amide bonds. The summed E-state index contributed by atoms with van der Waals surface area (Å²) in [7, 11) is 0. The SMILES string of the molecule is CCCCCCCCCCCCCCCCCCCn1c(CC(C)c2ccccc2)c[n+](CCCCCCCC)c1Cc1ccccc1. The highest BCUT2D eigenvalue weighted by atomic mass is 15.2. The zero-order valence-corrected chi connectivity index (χ0v) is 31.9. The predicted octanol–water partition coefficient (Wildman–Crippen LogP) is 13.7. The Morgan fingerprint density at radius 1 is 0.521 bits per heavy atom. The Labute approximate surface area is 298 Å². The van der Waals surface area contributed by atoms with Crippen molar-refractivity contribution in [3.63, 3.8) is 0 Å². The normalized spacial score (nSPS) is 12.1. The Kier molecular flexibility index (Phi) is 22.1. The van der Waals surface area contributed by atoms with Crippen LogP contribution >= 0.6 is 0 Å². The summed E-state index contributed by atoms with van der Waals surface area (Å²) < 4.78 is 5.39. The van der Waals surface area contributed by atoms with E-state index in [9.17, 15) is 0 Å². The summed E-state index contributed by atoms with van der Waals surface area (Å²) in [4.78, 5) is 0. The molecule has 2 nitrogen and oxygen atoms in total. The standard InChI is InChI=1S/C46H75N2/c1-4-6-8-10-12-13-14-15-16-17-18-19-20-21-22-24-32-38-48-45(39-42(3)44-35-29-26-30-36-44)41-47(37-31-23-11-9-7-5-2)46(48)40-43-33-27-25-28-34-43/h25-30,33-36,41-42H,4-24,31-32,37-40H2,1-3H3/q+1. The Morgan fingerprint density at radius 3 is 1.46 bits per heavy atom. The predicted molar refractivity (Wildman–Crippen MR) is 210 cm³/mol. The van der Waals surface area contributed by atoms with Crippen molar-refractivity contribution in [2.24, 2.45) is 0 Å². The van der Waals surface area contributed by atoms with E-state index in [-0.39, 0.29) is 0 Å². The largest absolute Gasteiger partial charge is 0.261 e. The van der Waals surface area contributed by atoms with Gasteiger partial charge < -0.3 is 0 Å². The number of aryl methyl sites for hydroxylation is 1. The van der Waals surface area contributed by atoms with Crippen molar-refractivity contribution in [2.75, 3.05) is 0 Å². The number of hydrogen-bond donors (Lipinski definition) is 0. The lowest BCUT2D eigenvalue weighted by molar-refractivity contribution is -0.704. The van der Waals surface area contributed by atoms with Crippen LogP contribution in [0.1, 0.15) is 197 Å². The molecule has 0 N–H and O–H groups in total. The molecule has 0 saturated carbocycles. The van der Waals surface area contributed by atoms with Crippen LogP contribution in [-0.2, 0) is 25.9 Å². The first-order chi connectivity index (χ1) is 23.7. The number of benzene rings is 2. The van der Waals surface area contributed by atoms with Crippen LogP contribution in [-0.4, -0.2) is 4.57 Å². The summed E-state index contributed by atoms with van der Waals surface area (Å²) >= 11 is 0. The molecule has 0 spiro atoms. The minimum atomic E-state index is 0.516. The summed E-state index contributed by atoms with van der Waals surface area (Å²) in [5, 5.41) is 0. The summed E-state index contributed by atoms with van der Waals surface area (Å²) in [6.45, 7) is 9.33. The zero-order chi connectivity index (χ0) is 33.9. The molecular formula is C46H75N2+. The molecule has 3 aromatic rings. The fraction of sp³-hybridized carbons (Fsp3) is 0.674. The lowest BCUT2D eigenvalue weighted by atomic mass is 9.96. The molecule has 0 saturated heterocycles. The van der Waals surface area contributed by atoms with Crippen molar-refractivity contribution in [2.45, 2.75) is 200 Å². The highest BCUT2D eigenvalue weighted by Crippen LogP contribution is 2.23. The van der Waals surface area contributed by atoms with Gasteiger partial charge in [0.2, 0.25) is 0 Å². The number of unbranched alkanes of at least 4 members (excludes halogenated alkanes) is 21. The van der Waals surface area contributed by atoms with Gasteiger partial charge in [-0.2, -0.15) is 0 Å². The second-order valence-corrected chi connectivity index (χ2v) is 15.0. The first-order valence-corrected chi connectivity index (χ1v) is 20.9. The lowest BCUT2D eigenvalue weighted by Gasteiger charge is -2.12. The van der Waals surface area contributed by atoms with Gasteiger partial charge in [0.1, 0.15) is 11.9 Å². The molecule has 48 heavy (non-hydrogen) atoms. The van der Waals surface area contributed by atoms with E-state index in [0.29, 0.717) is 5.92 Å². The maximum absolute atomic E-state index is 2.74. The smallest absolute Gasteiger partial charge is 0.234 e. The lowest BCUT2D eigenvalue weighted by Crippen LogP contribution is -2.37. The average Bonchev–Trinajstić information content (AvgIpc) is 3.42. The number of nitrogens with zero attached hydrogens (tertiary/aromatic N) is 2. The summed E-state index contributed by atoms with van der Waals surface area (Å²) in [6, 6.07) is 22.3. The molecule has 0 radical (unpaired) electrons. The van der Waals surface area contributed by atoms with Gasteiger partial charge in [0.15, 0.2) is 0 Å². The second kappa shape index (κ2) is 26.5. The minimum absolute atomic E-state index is 0.516. The Morgan fingerprint density at radius 2 is 0.958 bits per heavy atom. The Bertz CT molecular complexity index is 1150. The summed E-state index contributed by atoms with van der Waals surface area (Å²) in [5.41, 5.74) is 4.41. The van der Waals surface area contributed by atoms with Gasteiger partial charge in [-0.25, -0.2) is 9.13 Å². The van der Waals surface area contributed by atoms with Gasteiger partial charge in [0.25, 0.3) is 5.82 Å². The number of aromatic nitrogens is 2. The third kappa shape index (κ3) is 16.8. The van der Waals surface area contributed by atoms with Crippen molar-refractivity contribution in [3.8, 4) is 0 Å². The molecule has 1 atom stereocenters. The van der Waals surface area contributed by atoms with Crippen molar-refractivity contribution >= 4 is 0 Å². The highest BCUT2D eigenvalue weighted by molar-refractivity contribution is 5.22. The van der Waals surface area contributed by atoms with E-state index in [1.807, 2.05) is 0 Å². The fourth-order valence-electron chi connectivity index (χ4n) is 7.52. The third-order valence-corrected chi connectivity index (χ3v) is 10.6. The van der Waals surface area contributed by atoms with Crippen molar-refractivity contribution < 1.29 is 4.57 Å². The third-order valence-electron chi connectivity index (χ3n) is 10.6. The summed E-state index contributed by atoms with van der Waals surface area (Å²) in [6.07, 6.45) is 37.0. The van der Waals surface area contributed by atoms with Gasteiger partial charge >= 0.3 is 0 Å². The molecule has 0 aliphatic carbocycles. The van der Waals surface area contributed by atoms with Crippen molar-refractivity contribution in [3.05, 3.63) is 89.5 Å². The molecule has 1 heterocycles. The van der Waals surface area contributed by atoms with Crippen LogP contribution in [0.15, 0.2) is 66.9 Å². The molecule has 1 aromatic heterocycles. The van der Waals surface area contributed by atoms with E-state index < -0.39 is 0 Å². The van der Waals surface area contributed by atoms with E-state index in [4.69, 9.17) is 0 Å². The van der Waals surface area contributed by atoms with E-state index in [1.54, 1.807) is 0 Å². The van der Waals surface area contributed by atoms with Crippen LogP contribution in [0.3, 0.4) is 0 Å². The Hall–Kier alpha value is -2.35. The van der Waals surface area contributed by atoms with Crippen LogP contribution in [0, 0.1) is 0 Å². The van der Waals surface area contributed by atoms with Gasteiger partial charge in [-0.05, 0) is 42.7 Å². The summed E-state index contributed by atoms with van der Waals surface area (Å²) in [5.74, 6) is 2.03. The average molecular weight is 656 g/mol. The molecule has 0 aliphatic rings. The zero-order valence-electron chi connectivity index (χ0n) is 31.9. The van der Waals surface area contributed by atoms with Crippen LogP contribution in [0.5, 0.6) is 0 Å². The van der Waals surface area contributed by atoms with Crippen molar-refractivity contribution in [1.82, 2.24) is 4.57 Å². The van der Waals surface area contributed by atoms with Gasteiger partial charge in [-0.1, -0.05) is 203 Å². The minimum Gasteiger partial charge on any atom is -0.234 e. The van der Waals surface area contributed by atoms with Crippen molar-refractivity contribution in [1.29, 1.82) is 0 Å². The molecule has 1 unspecified atom stereocenters. The Balaban J connectivity index is 1.49. The topological polar surface area (TPSA) is 8.81 Å². The van der Waals surface area contributed by atoms with E-state index in [2.05, 4.69) is 96.8 Å². The maximum Gasteiger partial charge on any atom is 0.261 e. The number of hydrogen-bond acceptors (Lipinski definition) is 0. The van der Waals surface area contributed by atoms with Gasteiger partial charge in [-0.3, -0.25) is 0 Å². The number of imidazole rings is 1. The first kappa shape index (κ1) is 40.1. The highest BCUT2D eigenvalue weighted by Gasteiger charge is 2.25. The molecule has 268 valence electrons. The second-order valence-electron chi connectivity index (χ2n) is 15.0.